The Hall–Kier alpha value is -0.0800. The van der Waals surface area contributed by atoms with Gasteiger partial charge in [0.15, 0.2) is 0 Å². The molecule has 2 N–H and O–H groups in total. The zero-order valence-electron chi connectivity index (χ0n) is 6.47. The Bertz CT molecular complexity index is 138. The van der Waals surface area contributed by atoms with Crippen LogP contribution in [0.4, 0.5) is 0 Å². The van der Waals surface area contributed by atoms with Crippen LogP contribution < -0.4 is 5.73 Å². The van der Waals surface area contributed by atoms with Gasteiger partial charge in [0, 0.05) is 12.6 Å². The number of hydrogen-bond acceptors (Lipinski definition) is 2. The maximum atomic E-state index is 6.02. The summed E-state index contributed by atoms with van der Waals surface area (Å²) in [6, 6.07) is 0. The molecule has 0 radical (unpaired) electrons. The van der Waals surface area contributed by atoms with Gasteiger partial charge in [-0.2, -0.15) is 0 Å². The van der Waals surface area contributed by atoms with Crippen molar-refractivity contribution in [1.29, 1.82) is 0 Å². The first-order chi connectivity index (χ1) is 4.76. The topological polar surface area (TPSA) is 35.2 Å². The van der Waals surface area contributed by atoms with Gasteiger partial charge >= 0.3 is 0 Å². The van der Waals surface area contributed by atoms with E-state index in [9.17, 15) is 0 Å². The minimum atomic E-state index is 0.0793. The normalized spacial score (nSPS) is 31.8. The van der Waals surface area contributed by atoms with Crippen LogP contribution in [0.5, 0.6) is 0 Å². The van der Waals surface area contributed by atoms with E-state index in [2.05, 4.69) is 0 Å². The molecule has 2 saturated carbocycles. The molecule has 0 saturated heterocycles. The Morgan fingerprint density at radius 3 is 2.40 bits per heavy atom. The SMILES string of the molecule is COC(C1CC1)C1(N)CC1. The molecule has 2 rings (SSSR count). The summed E-state index contributed by atoms with van der Waals surface area (Å²) in [5.74, 6) is 0.789. The lowest BCUT2D eigenvalue weighted by atomic mass is 10.1. The van der Waals surface area contributed by atoms with Crippen molar-refractivity contribution in [2.45, 2.75) is 37.3 Å². The monoisotopic (exact) mass is 141 g/mol. The fourth-order valence-corrected chi connectivity index (χ4v) is 1.72. The Labute approximate surface area is 61.7 Å². The highest BCUT2D eigenvalue weighted by Gasteiger charge is 2.52. The van der Waals surface area contributed by atoms with Crippen LogP contribution in [0.15, 0.2) is 0 Å². The van der Waals surface area contributed by atoms with E-state index < -0.39 is 0 Å². The lowest BCUT2D eigenvalue weighted by Gasteiger charge is -2.21. The van der Waals surface area contributed by atoms with Crippen molar-refractivity contribution in [1.82, 2.24) is 0 Å². The van der Waals surface area contributed by atoms with Gasteiger partial charge in [0.05, 0.1) is 6.10 Å². The highest BCUT2D eigenvalue weighted by atomic mass is 16.5. The number of methoxy groups -OCH3 is 1. The predicted molar refractivity (Wildman–Crippen MR) is 39.7 cm³/mol. The molecule has 2 nitrogen and oxygen atoms in total. The van der Waals surface area contributed by atoms with E-state index in [-0.39, 0.29) is 5.54 Å². The van der Waals surface area contributed by atoms with Gasteiger partial charge in [0.25, 0.3) is 0 Å². The zero-order valence-corrected chi connectivity index (χ0v) is 6.47. The quantitative estimate of drug-likeness (QED) is 0.634. The summed E-state index contributed by atoms with van der Waals surface area (Å²) in [6.45, 7) is 0. The molecule has 2 fully saturated rings. The van der Waals surface area contributed by atoms with Gasteiger partial charge in [-0.3, -0.25) is 0 Å². The van der Waals surface area contributed by atoms with Gasteiger partial charge in [0.1, 0.15) is 0 Å². The molecule has 0 aliphatic heterocycles. The second-order valence-corrected chi connectivity index (χ2v) is 3.73. The van der Waals surface area contributed by atoms with E-state index in [4.69, 9.17) is 10.5 Å². The van der Waals surface area contributed by atoms with E-state index in [1.165, 1.54) is 25.7 Å². The highest BCUT2D eigenvalue weighted by molar-refractivity contribution is 5.09. The van der Waals surface area contributed by atoms with Crippen molar-refractivity contribution in [3.8, 4) is 0 Å². The van der Waals surface area contributed by atoms with Crippen molar-refractivity contribution in [2.24, 2.45) is 11.7 Å². The van der Waals surface area contributed by atoms with Crippen LogP contribution in [0.25, 0.3) is 0 Å². The van der Waals surface area contributed by atoms with Crippen LogP contribution in [-0.4, -0.2) is 18.8 Å². The molecule has 0 spiro atoms. The number of rotatable bonds is 3. The second kappa shape index (κ2) is 1.95. The van der Waals surface area contributed by atoms with Gasteiger partial charge in [-0.15, -0.1) is 0 Å². The molecule has 0 aromatic rings. The molecule has 0 aromatic heterocycles. The minimum Gasteiger partial charge on any atom is -0.379 e. The molecule has 58 valence electrons. The molecule has 1 atom stereocenters. The lowest BCUT2D eigenvalue weighted by molar-refractivity contribution is 0.0546. The van der Waals surface area contributed by atoms with Crippen LogP contribution >= 0.6 is 0 Å². The molecule has 2 heteroatoms. The van der Waals surface area contributed by atoms with Crippen molar-refractivity contribution in [3.05, 3.63) is 0 Å². The molecule has 0 bridgehead atoms. The first-order valence-electron chi connectivity index (χ1n) is 4.08. The third-order valence-electron chi connectivity index (χ3n) is 2.70. The summed E-state index contributed by atoms with van der Waals surface area (Å²) >= 11 is 0. The summed E-state index contributed by atoms with van der Waals surface area (Å²) < 4.78 is 5.38. The summed E-state index contributed by atoms with van der Waals surface area (Å²) in [5.41, 5.74) is 6.10. The fraction of sp³-hybridized carbons (Fsp3) is 1.00. The summed E-state index contributed by atoms with van der Waals surface area (Å²) in [6.07, 6.45) is 5.37. The van der Waals surface area contributed by atoms with E-state index >= 15 is 0 Å². The molecule has 2 aliphatic carbocycles. The number of nitrogens with two attached hydrogens (primary N) is 1. The molecule has 0 heterocycles. The third kappa shape index (κ3) is 0.956. The fourth-order valence-electron chi connectivity index (χ4n) is 1.72. The lowest BCUT2D eigenvalue weighted by Crippen LogP contribution is -2.40. The standard InChI is InChI=1S/C8H15NO/c1-10-7(6-2-3-6)8(9)4-5-8/h6-7H,2-5,9H2,1H3. The number of hydrogen-bond donors (Lipinski definition) is 1. The Kier molecular flexibility index (Phi) is 1.29. The van der Waals surface area contributed by atoms with Crippen molar-refractivity contribution < 1.29 is 4.74 Å². The van der Waals surface area contributed by atoms with E-state index in [0.29, 0.717) is 6.10 Å². The summed E-state index contributed by atoms with van der Waals surface area (Å²) in [7, 11) is 1.79. The molecule has 0 aromatic carbocycles. The van der Waals surface area contributed by atoms with Crippen LogP contribution in [0.3, 0.4) is 0 Å². The minimum absolute atomic E-state index is 0.0793. The summed E-state index contributed by atoms with van der Waals surface area (Å²) in [4.78, 5) is 0. The van der Waals surface area contributed by atoms with Crippen molar-refractivity contribution in [2.75, 3.05) is 7.11 Å². The van der Waals surface area contributed by atoms with Crippen LogP contribution in [0.1, 0.15) is 25.7 Å². The van der Waals surface area contributed by atoms with Crippen LogP contribution in [0.2, 0.25) is 0 Å². The molecule has 1 unspecified atom stereocenters. The Balaban J connectivity index is 1.97. The Morgan fingerprint density at radius 2 is 2.10 bits per heavy atom. The molecule has 2 aliphatic rings. The van der Waals surface area contributed by atoms with E-state index in [1.54, 1.807) is 7.11 Å². The van der Waals surface area contributed by atoms with E-state index in [1.807, 2.05) is 0 Å². The first-order valence-corrected chi connectivity index (χ1v) is 4.08. The van der Waals surface area contributed by atoms with E-state index in [0.717, 1.165) is 5.92 Å². The third-order valence-corrected chi connectivity index (χ3v) is 2.70. The van der Waals surface area contributed by atoms with Crippen molar-refractivity contribution in [3.63, 3.8) is 0 Å². The summed E-state index contributed by atoms with van der Waals surface area (Å²) in [5, 5.41) is 0. The predicted octanol–water partition coefficient (Wildman–Crippen LogP) is 0.903. The second-order valence-electron chi connectivity index (χ2n) is 3.73. The van der Waals surface area contributed by atoms with Gasteiger partial charge in [-0.25, -0.2) is 0 Å². The zero-order chi connectivity index (χ0) is 7.19. The van der Waals surface area contributed by atoms with Gasteiger partial charge in [-0.1, -0.05) is 0 Å². The molecule has 10 heavy (non-hydrogen) atoms. The van der Waals surface area contributed by atoms with Crippen molar-refractivity contribution >= 4 is 0 Å². The Morgan fingerprint density at radius 1 is 1.50 bits per heavy atom. The maximum absolute atomic E-state index is 6.02. The molecule has 0 amide bonds. The van der Waals surface area contributed by atoms with Gasteiger partial charge in [0.2, 0.25) is 0 Å². The van der Waals surface area contributed by atoms with Gasteiger partial charge in [-0.05, 0) is 31.6 Å². The number of ether oxygens (including phenoxy) is 1. The molecular weight excluding hydrogens is 126 g/mol. The largest absolute Gasteiger partial charge is 0.379 e. The molecular formula is C8H15NO. The van der Waals surface area contributed by atoms with Crippen LogP contribution in [0, 0.1) is 5.92 Å². The average Bonchev–Trinajstić information content (AvgIpc) is 2.70. The van der Waals surface area contributed by atoms with Gasteiger partial charge < -0.3 is 10.5 Å². The first kappa shape index (κ1) is 6.62. The maximum Gasteiger partial charge on any atom is 0.0778 e. The highest BCUT2D eigenvalue weighted by Crippen LogP contribution is 2.47. The smallest absolute Gasteiger partial charge is 0.0778 e. The van der Waals surface area contributed by atoms with Crippen LogP contribution in [-0.2, 0) is 4.74 Å². The average molecular weight is 141 g/mol.